The highest BCUT2D eigenvalue weighted by Gasteiger charge is 2.40. The van der Waals surface area contributed by atoms with Crippen molar-refractivity contribution in [2.75, 3.05) is 24.7 Å². The molecular weight excluding hydrogens is 262 g/mol. The number of hydrogen-bond donors (Lipinski definition) is 1. The van der Waals surface area contributed by atoms with Crippen LogP contribution in [0.25, 0.3) is 0 Å². The summed E-state index contributed by atoms with van der Waals surface area (Å²) in [6.07, 6.45) is 4.42. The molecule has 0 radical (unpaired) electrons. The molecule has 1 aromatic rings. The van der Waals surface area contributed by atoms with Crippen LogP contribution in [-0.2, 0) is 10.3 Å². The molecule has 106 valence electrons. The number of nitrogens with one attached hydrogen (secondary N) is 1. The first-order valence-electron chi connectivity index (χ1n) is 7.12. The van der Waals surface area contributed by atoms with Crippen LogP contribution >= 0.6 is 11.8 Å². The Bertz CT molecular complexity index is 412. The highest BCUT2D eigenvalue weighted by atomic mass is 32.2. The predicted octanol–water partition coefficient (Wildman–Crippen LogP) is 2.25. The van der Waals surface area contributed by atoms with Crippen molar-refractivity contribution in [3.05, 3.63) is 11.7 Å². The maximum Gasteiger partial charge on any atom is 0.247 e. The van der Waals surface area contributed by atoms with Crippen molar-refractivity contribution in [2.24, 2.45) is 0 Å². The molecule has 5 nitrogen and oxygen atoms in total. The molecule has 19 heavy (non-hydrogen) atoms. The van der Waals surface area contributed by atoms with Gasteiger partial charge in [0.1, 0.15) is 6.10 Å². The molecule has 0 aromatic carbocycles. The average Bonchev–Trinajstić information content (AvgIpc) is 3.09. The Balaban J connectivity index is 1.79. The van der Waals surface area contributed by atoms with Crippen LogP contribution in [0.4, 0.5) is 0 Å². The van der Waals surface area contributed by atoms with Crippen molar-refractivity contribution < 1.29 is 9.26 Å². The lowest BCUT2D eigenvalue weighted by molar-refractivity contribution is 0.0677. The molecule has 1 aromatic heterocycles. The van der Waals surface area contributed by atoms with Crippen LogP contribution in [-0.4, -0.2) is 34.8 Å². The molecule has 2 unspecified atom stereocenters. The number of rotatable bonds is 4. The van der Waals surface area contributed by atoms with Crippen molar-refractivity contribution in [1.29, 1.82) is 0 Å². The summed E-state index contributed by atoms with van der Waals surface area (Å²) in [5.41, 5.74) is -0.0954. The van der Waals surface area contributed by atoms with Crippen molar-refractivity contribution >= 4 is 11.8 Å². The fraction of sp³-hybridized carbons (Fsp3) is 0.846. The van der Waals surface area contributed by atoms with E-state index in [0.29, 0.717) is 5.82 Å². The Morgan fingerprint density at radius 1 is 1.53 bits per heavy atom. The van der Waals surface area contributed by atoms with Gasteiger partial charge in [-0.15, -0.1) is 0 Å². The minimum Gasteiger partial charge on any atom is -0.368 e. The van der Waals surface area contributed by atoms with Crippen LogP contribution in [0.2, 0.25) is 0 Å². The Morgan fingerprint density at radius 2 is 2.47 bits per heavy atom. The van der Waals surface area contributed by atoms with Crippen molar-refractivity contribution in [1.82, 2.24) is 15.5 Å². The van der Waals surface area contributed by atoms with E-state index in [-0.39, 0.29) is 11.6 Å². The monoisotopic (exact) mass is 283 g/mol. The third-order valence-corrected chi connectivity index (χ3v) is 4.87. The van der Waals surface area contributed by atoms with Crippen LogP contribution < -0.4 is 5.32 Å². The van der Waals surface area contributed by atoms with Gasteiger partial charge in [0.15, 0.2) is 0 Å². The molecule has 0 amide bonds. The zero-order chi connectivity index (χ0) is 13.1. The summed E-state index contributed by atoms with van der Waals surface area (Å²) in [6, 6.07) is 0. The largest absolute Gasteiger partial charge is 0.368 e. The molecule has 6 heteroatoms. The van der Waals surface area contributed by atoms with Crippen LogP contribution in [0.15, 0.2) is 4.52 Å². The van der Waals surface area contributed by atoms with E-state index in [1.807, 2.05) is 11.8 Å². The van der Waals surface area contributed by atoms with Gasteiger partial charge in [0.05, 0.1) is 12.1 Å². The minimum atomic E-state index is -0.0954. The fourth-order valence-corrected chi connectivity index (χ4v) is 3.77. The highest BCUT2D eigenvalue weighted by Crippen LogP contribution is 2.35. The van der Waals surface area contributed by atoms with Crippen molar-refractivity contribution in [3.8, 4) is 0 Å². The number of aromatic nitrogens is 2. The van der Waals surface area contributed by atoms with E-state index in [1.165, 1.54) is 6.42 Å². The van der Waals surface area contributed by atoms with Crippen LogP contribution in [0.5, 0.6) is 0 Å². The Labute approximate surface area is 117 Å². The standard InChI is InChI=1S/C13H21N3O2S/c1-2-4-13(5-3-6-14-13)12-15-11(16-18-12)10-9-19-8-7-17-10/h10,14H,2-9H2,1H3. The summed E-state index contributed by atoms with van der Waals surface area (Å²) in [7, 11) is 0. The zero-order valence-electron chi connectivity index (χ0n) is 11.4. The van der Waals surface area contributed by atoms with Gasteiger partial charge < -0.3 is 14.6 Å². The Morgan fingerprint density at radius 3 is 3.16 bits per heavy atom. The topological polar surface area (TPSA) is 60.2 Å². The van der Waals surface area contributed by atoms with Gasteiger partial charge in [0.25, 0.3) is 0 Å². The number of ether oxygens (including phenoxy) is 1. The molecule has 2 aliphatic heterocycles. The van der Waals surface area contributed by atoms with Crippen LogP contribution in [0.3, 0.4) is 0 Å². The van der Waals surface area contributed by atoms with Gasteiger partial charge in [-0.05, 0) is 25.8 Å². The summed E-state index contributed by atoms with van der Waals surface area (Å²) < 4.78 is 11.3. The van der Waals surface area contributed by atoms with Gasteiger partial charge >= 0.3 is 0 Å². The number of nitrogens with zero attached hydrogens (tertiary/aromatic N) is 2. The maximum absolute atomic E-state index is 5.71. The molecule has 2 aliphatic rings. The molecule has 1 N–H and O–H groups in total. The molecule has 0 aliphatic carbocycles. The average molecular weight is 283 g/mol. The first kappa shape index (κ1) is 13.4. The predicted molar refractivity (Wildman–Crippen MR) is 74.1 cm³/mol. The van der Waals surface area contributed by atoms with Gasteiger partial charge in [-0.1, -0.05) is 18.5 Å². The first-order chi connectivity index (χ1) is 9.34. The van der Waals surface area contributed by atoms with Crippen LogP contribution in [0, 0.1) is 0 Å². The van der Waals surface area contributed by atoms with E-state index in [1.54, 1.807) is 0 Å². The van der Waals surface area contributed by atoms with Crippen LogP contribution in [0.1, 0.15) is 50.4 Å². The second-order valence-electron chi connectivity index (χ2n) is 5.25. The summed E-state index contributed by atoms with van der Waals surface area (Å²) >= 11 is 1.89. The van der Waals surface area contributed by atoms with Gasteiger partial charge in [-0.2, -0.15) is 16.7 Å². The van der Waals surface area contributed by atoms with E-state index in [9.17, 15) is 0 Å². The summed E-state index contributed by atoms with van der Waals surface area (Å²) in [6.45, 7) is 4.00. The SMILES string of the molecule is CCCC1(c2nc(C3CSCCO3)no2)CCCN1. The van der Waals surface area contributed by atoms with E-state index in [0.717, 1.165) is 49.8 Å². The quantitative estimate of drug-likeness (QED) is 0.914. The lowest BCUT2D eigenvalue weighted by atomic mass is 9.92. The second kappa shape index (κ2) is 5.81. The molecular formula is C13H21N3O2S. The minimum absolute atomic E-state index is 0.00340. The van der Waals surface area contributed by atoms with Gasteiger partial charge in [0, 0.05) is 11.5 Å². The third-order valence-electron chi connectivity index (χ3n) is 3.88. The Kier molecular flexibility index (Phi) is 4.10. The normalized spacial score (nSPS) is 31.7. The summed E-state index contributed by atoms with van der Waals surface area (Å²) in [5.74, 6) is 3.45. The molecule has 3 rings (SSSR count). The van der Waals surface area contributed by atoms with Gasteiger partial charge in [-0.3, -0.25) is 0 Å². The van der Waals surface area contributed by atoms with Crippen molar-refractivity contribution in [3.63, 3.8) is 0 Å². The smallest absolute Gasteiger partial charge is 0.247 e. The highest BCUT2D eigenvalue weighted by molar-refractivity contribution is 7.99. The molecule has 0 bridgehead atoms. The lowest BCUT2D eigenvalue weighted by Gasteiger charge is -2.24. The maximum atomic E-state index is 5.71. The lowest BCUT2D eigenvalue weighted by Crippen LogP contribution is -2.37. The number of hydrogen-bond acceptors (Lipinski definition) is 6. The van der Waals surface area contributed by atoms with E-state index in [4.69, 9.17) is 9.26 Å². The van der Waals surface area contributed by atoms with Crippen molar-refractivity contribution in [2.45, 2.75) is 44.2 Å². The zero-order valence-corrected chi connectivity index (χ0v) is 12.2. The molecule has 2 saturated heterocycles. The second-order valence-corrected chi connectivity index (χ2v) is 6.40. The summed E-state index contributed by atoms with van der Waals surface area (Å²) in [5, 5.41) is 7.71. The Hall–Kier alpha value is -0.590. The van der Waals surface area contributed by atoms with E-state index < -0.39 is 0 Å². The number of thioether (sulfide) groups is 1. The van der Waals surface area contributed by atoms with E-state index >= 15 is 0 Å². The molecule has 0 saturated carbocycles. The molecule has 3 heterocycles. The first-order valence-corrected chi connectivity index (χ1v) is 8.28. The summed E-state index contributed by atoms with van der Waals surface area (Å²) in [4.78, 5) is 4.63. The van der Waals surface area contributed by atoms with Gasteiger partial charge in [0.2, 0.25) is 11.7 Å². The fourth-order valence-electron chi connectivity index (χ4n) is 2.93. The third kappa shape index (κ3) is 2.66. The van der Waals surface area contributed by atoms with Gasteiger partial charge in [-0.25, -0.2) is 0 Å². The van der Waals surface area contributed by atoms with E-state index in [2.05, 4.69) is 22.4 Å². The molecule has 2 fully saturated rings. The molecule has 0 spiro atoms. The molecule has 2 atom stereocenters.